The largest absolute Gasteiger partial charge is 0.345 e. The summed E-state index contributed by atoms with van der Waals surface area (Å²) >= 11 is 1.45. The Morgan fingerprint density at radius 3 is 2.50 bits per heavy atom. The van der Waals surface area contributed by atoms with Crippen LogP contribution in [0.5, 0.6) is 0 Å². The molecule has 0 aliphatic carbocycles. The highest BCUT2D eigenvalue weighted by atomic mass is 32.1. The Morgan fingerprint density at radius 2 is 1.77 bits per heavy atom. The van der Waals surface area contributed by atoms with E-state index in [9.17, 15) is 4.79 Å². The number of carbonyl (C=O) groups excluding carboxylic acids is 1. The molecule has 152 valence electrons. The summed E-state index contributed by atoms with van der Waals surface area (Å²) in [7, 11) is 0. The van der Waals surface area contributed by atoms with Gasteiger partial charge in [0.05, 0.1) is 21.4 Å². The number of hydrogen-bond donors (Lipinski definition) is 2. The second kappa shape index (κ2) is 7.84. The number of carbonyl (C=O) groups is 1. The highest BCUT2D eigenvalue weighted by Gasteiger charge is 2.21. The van der Waals surface area contributed by atoms with Crippen LogP contribution in [0.4, 0.5) is 11.1 Å². The van der Waals surface area contributed by atoms with E-state index >= 15 is 0 Å². The molecule has 0 atom stereocenters. The van der Waals surface area contributed by atoms with Crippen molar-refractivity contribution in [2.75, 3.05) is 10.6 Å². The number of nitrogens with one attached hydrogen (secondary N) is 2. The maximum Gasteiger partial charge on any atom is 0.224 e. The molecule has 6 nitrogen and oxygen atoms in total. The van der Waals surface area contributed by atoms with Crippen LogP contribution in [0, 0.1) is 6.92 Å². The first-order chi connectivity index (χ1) is 14.3. The number of aryl methyl sites for hydroxylation is 1. The van der Waals surface area contributed by atoms with Gasteiger partial charge in [-0.1, -0.05) is 47.7 Å². The zero-order valence-electron chi connectivity index (χ0n) is 17.4. The Labute approximate surface area is 179 Å². The van der Waals surface area contributed by atoms with Crippen molar-refractivity contribution in [3.05, 3.63) is 65.9 Å². The lowest BCUT2D eigenvalue weighted by molar-refractivity contribution is -0.114. The lowest BCUT2D eigenvalue weighted by Crippen LogP contribution is -2.29. The highest BCUT2D eigenvalue weighted by Crippen LogP contribution is 2.31. The molecule has 1 amide bonds. The summed E-state index contributed by atoms with van der Waals surface area (Å²) in [4.78, 5) is 25.1. The number of rotatable bonds is 5. The molecule has 2 aromatic heterocycles. The normalized spacial score (nSPS) is 11.5. The average molecular weight is 418 g/mol. The van der Waals surface area contributed by atoms with Crippen molar-refractivity contribution >= 4 is 38.5 Å². The molecule has 0 spiro atoms. The van der Waals surface area contributed by atoms with Crippen LogP contribution < -0.4 is 10.6 Å². The SMILES string of the molecule is CC(=O)Nc1nc2ccc(-c3cc(C)nc(NC(C)(C)c4ccccc4)n3)cc2s1. The summed E-state index contributed by atoms with van der Waals surface area (Å²) in [5, 5.41) is 6.81. The number of amides is 1. The van der Waals surface area contributed by atoms with Crippen molar-refractivity contribution in [3.63, 3.8) is 0 Å². The number of aromatic nitrogens is 3. The van der Waals surface area contributed by atoms with Crippen LogP contribution in [-0.2, 0) is 10.3 Å². The van der Waals surface area contributed by atoms with Gasteiger partial charge in [0.25, 0.3) is 0 Å². The summed E-state index contributed by atoms with van der Waals surface area (Å²) in [6.45, 7) is 7.67. The Hall–Kier alpha value is -3.32. The standard InChI is InChI=1S/C23H23N5OS/c1-14-12-19(16-10-11-18-20(13-16)30-22(27-18)25-15(2)29)26-21(24-14)28-23(3,4)17-8-6-5-7-9-17/h5-13H,1-4H3,(H,24,26,28)(H,25,27,29). The van der Waals surface area contributed by atoms with Crippen molar-refractivity contribution in [1.82, 2.24) is 15.0 Å². The third kappa shape index (κ3) is 4.31. The number of fused-ring (bicyclic) bond motifs is 1. The summed E-state index contributed by atoms with van der Waals surface area (Å²) < 4.78 is 0.992. The first-order valence-corrected chi connectivity index (χ1v) is 10.5. The quantitative estimate of drug-likeness (QED) is 0.456. The Morgan fingerprint density at radius 1 is 1.00 bits per heavy atom. The van der Waals surface area contributed by atoms with E-state index in [1.165, 1.54) is 18.3 Å². The minimum atomic E-state index is -0.318. The molecule has 7 heteroatoms. The smallest absolute Gasteiger partial charge is 0.224 e. The van der Waals surface area contributed by atoms with Gasteiger partial charge in [0.1, 0.15) is 0 Å². The maximum atomic E-state index is 11.3. The van der Waals surface area contributed by atoms with E-state index in [0.29, 0.717) is 11.1 Å². The van der Waals surface area contributed by atoms with E-state index in [4.69, 9.17) is 4.98 Å². The van der Waals surface area contributed by atoms with Crippen LogP contribution in [0.1, 0.15) is 32.0 Å². The molecule has 4 aromatic rings. The van der Waals surface area contributed by atoms with E-state index in [1.54, 1.807) is 0 Å². The van der Waals surface area contributed by atoms with Crippen LogP contribution in [0.15, 0.2) is 54.6 Å². The maximum absolute atomic E-state index is 11.3. The van der Waals surface area contributed by atoms with Crippen molar-refractivity contribution in [2.45, 2.75) is 33.2 Å². The highest BCUT2D eigenvalue weighted by molar-refractivity contribution is 7.22. The van der Waals surface area contributed by atoms with Crippen LogP contribution in [0.3, 0.4) is 0 Å². The molecule has 0 unspecified atom stereocenters. The van der Waals surface area contributed by atoms with Gasteiger partial charge in [-0.3, -0.25) is 4.79 Å². The molecule has 0 saturated heterocycles. The predicted octanol–water partition coefficient (Wildman–Crippen LogP) is 5.37. The third-order valence-electron chi connectivity index (χ3n) is 4.74. The minimum Gasteiger partial charge on any atom is -0.345 e. The second-order valence-electron chi connectivity index (χ2n) is 7.72. The zero-order chi connectivity index (χ0) is 21.3. The van der Waals surface area contributed by atoms with Crippen molar-refractivity contribution in [2.24, 2.45) is 0 Å². The van der Waals surface area contributed by atoms with E-state index in [-0.39, 0.29) is 11.4 Å². The summed E-state index contributed by atoms with van der Waals surface area (Å²) in [5.74, 6) is 0.458. The monoisotopic (exact) mass is 417 g/mol. The van der Waals surface area contributed by atoms with E-state index in [0.717, 1.165) is 32.7 Å². The lowest BCUT2D eigenvalue weighted by Gasteiger charge is -2.27. The van der Waals surface area contributed by atoms with Gasteiger partial charge < -0.3 is 10.6 Å². The number of hydrogen-bond acceptors (Lipinski definition) is 6. The molecule has 0 saturated carbocycles. The van der Waals surface area contributed by atoms with Crippen molar-refractivity contribution in [1.29, 1.82) is 0 Å². The van der Waals surface area contributed by atoms with Gasteiger partial charge in [-0.25, -0.2) is 15.0 Å². The van der Waals surface area contributed by atoms with Gasteiger partial charge in [0.2, 0.25) is 11.9 Å². The second-order valence-corrected chi connectivity index (χ2v) is 8.75. The topological polar surface area (TPSA) is 79.8 Å². The van der Waals surface area contributed by atoms with E-state index in [1.807, 2.05) is 49.4 Å². The average Bonchev–Trinajstić information content (AvgIpc) is 3.08. The van der Waals surface area contributed by atoms with Gasteiger partial charge in [0.15, 0.2) is 5.13 Å². The van der Waals surface area contributed by atoms with Gasteiger partial charge in [0, 0.05) is 18.2 Å². The molecular formula is C23H23N5OS. The van der Waals surface area contributed by atoms with E-state index < -0.39 is 0 Å². The predicted molar refractivity (Wildman–Crippen MR) is 123 cm³/mol. The summed E-state index contributed by atoms with van der Waals surface area (Å²) in [6.07, 6.45) is 0. The number of nitrogens with zero attached hydrogens (tertiary/aromatic N) is 3. The molecule has 2 N–H and O–H groups in total. The molecule has 2 aromatic carbocycles. The van der Waals surface area contributed by atoms with Gasteiger partial charge >= 0.3 is 0 Å². The van der Waals surface area contributed by atoms with Gasteiger partial charge in [-0.2, -0.15) is 0 Å². The Kier molecular flexibility index (Phi) is 5.22. The van der Waals surface area contributed by atoms with Crippen molar-refractivity contribution < 1.29 is 4.79 Å². The molecule has 30 heavy (non-hydrogen) atoms. The molecule has 0 radical (unpaired) electrons. The fourth-order valence-corrected chi connectivity index (χ4v) is 4.22. The molecule has 0 aliphatic rings. The van der Waals surface area contributed by atoms with Crippen LogP contribution >= 0.6 is 11.3 Å². The van der Waals surface area contributed by atoms with E-state index in [2.05, 4.69) is 46.6 Å². The fourth-order valence-electron chi connectivity index (χ4n) is 3.27. The summed E-state index contributed by atoms with van der Waals surface area (Å²) in [6, 6.07) is 18.2. The molecule has 0 bridgehead atoms. The minimum absolute atomic E-state index is 0.127. The molecule has 2 heterocycles. The van der Waals surface area contributed by atoms with Gasteiger partial charge in [-0.15, -0.1) is 0 Å². The third-order valence-corrected chi connectivity index (χ3v) is 5.67. The van der Waals surface area contributed by atoms with Crippen molar-refractivity contribution in [3.8, 4) is 11.3 Å². The van der Waals surface area contributed by atoms with Gasteiger partial charge in [-0.05, 0) is 44.5 Å². The Bertz CT molecular complexity index is 1220. The zero-order valence-corrected chi connectivity index (χ0v) is 18.2. The molecule has 0 aliphatic heterocycles. The van der Waals surface area contributed by atoms with Crippen LogP contribution in [-0.4, -0.2) is 20.9 Å². The first-order valence-electron chi connectivity index (χ1n) is 9.68. The number of benzene rings is 2. The molecule has 0 fully saturated rings. The first kappa shape index (κ1) is 20.0. The van der Waals surface area contributed by atoms with Crippen LogP contribution in [0.25, 0.3) is 21.5 Å². The lowest BCUT2D eigenvalue weighted by atomic mass is 9.94. The number of anilines is 2. The molecule has 4 rings (SSSR count). The summed E-state index contributed by atoms with van der Waals surface area (Å²) in [5.41, 5.74) is 4.39. The van der Waals surface area contributed by atoms with Crippen LogP contribution in [0.2, 0.25) is 0 Å². The molecular weight excluding hydrogens is 394 g/mol. The Balaban J connectivity index is 1.67. The fraction of sp³-hybridized carbons (Fsp3) is 0.217. The number of thiazole rings is 1.